The summed E-state index contributed by atoms with van der Waals surface area (Å²) in [6.07, 6.45) is 2.07. The van der Waals surface area contributed by atoms with Gasteiger partial charge in [0.15, 0.2) is 10.3 Å². The molecule has 0 bridgehead atoms. The van der Waals surface area contributed by atoms with Gasteiger partial charge in [-0.2, -0.15) is 10.5 Å². The van der Waals surface area contributed by atoms with Gasteiger partial charge in [0.25, 0.3) is 0 Å². The van der Waals surface area contributed by atoms with E-state index >= 15 is 0 Å². The molecule has 0 unspecified atom stereocenters. The Kier molecular flexibility index (Phi) is 14.0. The number of primary amides is 1. The van der Waals surface area contributed by atoms with Crippen LogP contribution in [0.1, 0.15) is 53.2 Å². The molecule has 6 aromatic rings. The second kappa shape index (κ2) is 20.4. The lowest BCUT2D eigenvalue weighted by atomic mass is 10.0. The van der Waals surface area contributed by atoms with Crippen LogP contribution in [0.3, 0.4) is 0 Å². The zero-order chi connectivity index (χ0) is 48.1. The van der Waals surface area contributed by atoms with E-state index in [1.54, 1.807) is 28.0 Å². The summed E-state index contributed by atoms with van der Waals surface area (Å²) in [5.74, 6) is -0.709. The molecule has 0 spiro atoms. The number of hydrogen-bond acceptors (Lipinski definition) is 12. The summed E-state index contributed by atoms with van der Waals surface area (Å²) in [5, 5.41) is 28.3. The predicted octanol–water partition coefficient (Wildman–Crippen LogP) is 8.08. The van der Waals surface area contributed by atoms with Gasteiger partial charge in [-0.05, 0) is 107 Å². The maximum atomic E-state index is 13.1. The molecule has 3 fully saturated rings. The summed E-state index contributed by atoms with van der Waals surface area (Å²) >= 11 is 2.77. The van der Waals surface area contributed by atoms with E-state index in [2.05, 4.69) is 38.1 Å². The number of nitriles is 2. The standard InChI is InChI=1S/C26H27N7O2S.C23H22N6O2S/c1-16-12-20(13-17(2)29-16)23-22(19-5-3-4-18(14-19)15-27)30-24(36-23)31-26(35)32-9-6-21(7-10-32)33-11-8-28-25(33)34;1-13-8-18(9-14(2)26-13)20-19(16-5-3-4-15(10-16)11-24)27-22(32-20)28-23(31)29-7-6-17(12-29)21(25)30/h3-5,12-14,21H,6-11H2,1-2H3,(H,28,34)(H,30,31,35);3-5,8-10,17H,6-7,12H2,1-2H3,(H2,25,30)(H,27,28,31)/t;17-/m.0/s1. The van der Waals surface area contributed by atoms with Crippen molar-refractivity contribution in [3.63, 3.8) is 0 Å². The van der Waals surface area contributed by atoms with E-state index in [4.69, 9.17) is 15.7 Å². The van der Waals surface area contributed by atoms with E-state index < -0.39 is 0 Å². The Hall–Kier alpha value is -7.74. The number of nitrogens with zero attached hydrogens (tertiary/aromatic N) is 9. The fraction of sp³-hybridized carbons (Fsp3) is 0.306. The molecule has 5 N–H and O–H groups in total. The minimum atomic E-state index is -0.389. The number of aryl methyl sites for hydroxylation is 4. The van der Waals surface area contributed by atoms with E-state index in [1.807, 2.05) is 87.2 Å². The molecule has 2 aromatic carbocycles. The number of thiazole rings is 2. The van der Waals surface area contributed by atoms with Crippen molar-refractivity contribution in [2.24, 2.45) is 11.7 Å². The van der Waals surface area contributed by atoms with E-state index in [9.17, 15) is 29.7 Å². The van der Waals surface area contributed by atoms with E-state index in [0.29, 0.717) is 66.2 Å². The first-order valence-corrected chi connectivity index (χ1v) is 23.8. The fourth-order valence-electron chi connectivity index (χ4n) is 8.67. The summed E-state index contributed by atoms with van der Waals surface area (Å²) in [4.78, 5) is 74.7. The third kappa shape index (κ3) is 10.8. The summed E-state index contributed by atoms with van der Waals surface area (Å²) in [5.41, 5.74) is 14.9. The molecule has 3 saturated heterocycles. The van der Waals surface area contributed by atoms with Gasteiger partial charge in [-0.15, -0.1) is 0 Å². The SMILES string of the molecule is Cc1cc(-c2sc(NC(=O)N3CCC(N4CCNC4=O)CC3)nc2-c2cccc(C#N)c2)cc(C)n1.Cc1cc(-c2sc(NC(=O)N3CC[C@H](C(N)=O)C3)nc2-c2cccc(C#N)c2)cc(C)n1. The smallest absolute Gasteiger partial charge is 0.323 e. The van der Waals surface area contributed by atoms with E-state index in [0.717, 1.165) is 79.9 Å². The average molecular weight is 948 g/mol. The van der Waals surface area contributed by atoms with Crippen molar-refractivity contribution in [1.82, 2.24) is 40.0 Å². The lowest BCUT2D eigenvalue weighted by Crippen LogP contribution is -2.48. The van der Waals surface area contributed by atoms with Crippen LogP contribution in [-0.2, 0) is 4.79 Å². The van der Waals surface area contributed by atoms with Gasteiger partial charge < -0.3 is 25.8 Å². The van der Waals surface area contributed by atoms with Crippen molar-refractivity contribution in [3.05, 3.63) is 107 Å². The van der Waals surface area contributed by atoms with Crippen LogP contribution in [0, 0.1) is 56.3 Å². The van der Waals surface area contributed by atoms with Crippen LogP contribution >= 0.6 is 22.7 Å². The number of rotatable bonds is 8. The summed E-state index contributed by atoms with van der Waals surface area (Å²) in [7, 11) is 0. The number of likely N-dealkylation sites (tertiary alicyclic amines) is 2. The Morgan fingerprint density at radius 1 is 0.662 bits per heavy atom. The average Bonchev–Trinajstić information content (AvgIpc) is 4.16. The molecule has 1 atom stereocenters. The molecule has 346 valence electrons. The number of amides is 7. The van der Waals surface area contributed by atoms with Crippen LogP contribution in [-0.4, -0.2) is 104 Å². The van der Waals surface area contributed by atoms with Gasteiger partial charge in [0, 0.05) is 79.2 Å². The normalized spacial score (nSPS) is 15.8. The van der Waals surface area contributed by atoms with Gasteiger partial charge in [-0.3, -0.25) is 25.4 Å². The first-order valence-electron chi connectivity index (χ1n) is 22.1. The quantitative estimate of drug-likeness (QED) is 0.114. The molecule has 9 rings (SSSR count). The van der Waals surface area contributed by atoms with Crippen LogP contribution in [0.5, 0.6) is 0 Å². The Balaban J connectivity index is 0.000000185. The van der Waals surface area contributed by atoms with Crippen molar-refractivity contribution in [1.29, 1.82) is 10.5 Å². The van der Waals surface area contributed by atoms with Crippen LogP contribution in [0.2, 0.25) is 0 Å². The van der Waals surface area contributed by atoms with Crippen molar-refractivity contribution in [2.75, 3.05) is 49.9 Å². The van der Waals surface area contributed by atoms with Crippen LogP contribution in [0.25, 0.3) is 43.4 Å². The topological polar surface area (TPSA) is 239 Å². The third-order valence-electron chi connectivity index (χ3n) is 11.9. The van der Waals surface area contributed by atoms with Gasteiger partial charge in [0.1, 0.15) is 0 Å². The predicted molar refractivity (Wildman–Crippen MR) is 262 cm³/mol. The molecule has 3 aliphatic heterocycles. The van der Waals surface area contributed by atoms with E-state index in [1.165, 1.54) is 22.7 Å². The molecular weight excluding hydrogens is 899 g/mol. The second-order valence-corrected chi connectivity index (χ2v) is 18.9. The molecule has 0 radical (unpaired) electrons. The van der Waals surface area contributed by atoms with Gasteiger partial charge in [-0.25, -0.2) is 24.4 Å². The van der Waals surface area contributed by atoms with Crippen LogP contribution in [0.4, 0.5) is 24.6 Å². The maximum absolute atomic E-state index is 13.1. The highest BCUT2D eigenvalue weighted by molar-refractivity contribution is 7.20. The lowest BCUT2D eigenvalue weighted by Gasteiger charge is -2.35. The molecule has 4 aromatic heterocycles. The van der Waals surface area contributed by atoms with Crippen molar-refractivity contribution in [3.8, 4) is 55.5 Å². The summed E-state index contributed by atoms with van der Waals surface area (Å²) in [6.45, 7) is 11.1. The number of anilines is 2. The lowest BCUT2D eigenvalue weighted by molar-refractivity contribution is -0.121. The fourth-order valence-corrected chi connectivity index (χ4v) is 10.6. The highest BCUT2D eigenvalue weighted by Gasteiger charge is 2.33. The number of piperidine rings is 1. The first kappa shape index (κ1) is 46.8. The van der Waals surface area contributed by atoms with Crippen molar-refractivity contribution >= 4 is 56.9 Å². The molecule has 3 aliphatic rings. The molecule has 7 amide bonds. The monoisotopic (exact) mass is 947 g/mol. The number of carbonyl (C=O) groups excluding carboxylic acids is 4. The number of nitrogens with one attached hydrogen (secondary N) is 3. The molecule has 7 heterocycles. The summed E-state index contributed by atoms with van der Waals surface area (Å²) in [6, 6.07) is 26.5. The minimum Gasteiger partial charge on any atom is -0.369 e. The number of nitrogens with two attached hydrogens (primary N) is 1. The highest BCUT2D eigenvalue weighted by Crippen LogP contribution is 2.41. The number of carbonyl (C=O) groups is 4. The molecule has 0 aliphatic carbocycles. The molecule has 68 heavy (non-hydrogen) atoms. The van der Waals surface area contributed by atoms with Crippen LogP contribution < -0.4 is 21.7 Å². The Labute approximate surface area is 401 Å². The highest BCUT2D eigenvalue weighted by atomic mass is 32.1. The van der Waals surface area contributed by atoms with Crippen molar-refractivity contribution in [2.45, 2.75) is 53.0 Å². The largest absolute Gasteiger partial charge is 0.369 e. The van der Waals surface area contributed by atoms with Gasteiger partial charge in [-0.1, -0.05) is 46.9 Å². The van der Waals surface area contributed by atoms with Gasteiger partial charge in [0.2, 0.25) is 5.91 Å². The molecular formula is C49H49N13O4S2. The zero-order valence-electron chi connectivity index (χ0n) is 38.0. The van der Waals surface area contributed by atoms with Crippen molar-refractivity contribution < 1.29 is 19.2 Å². The minimum absolute atomic E-state index is 0.0113. The first-order chi connectivity index (χ1) is 32.7. The Morgan fingerprint density at radius 2 is 1.13 bits per heavy atom. The Bertz CT molecular complexity index is 2960. The number of pyridine rings is 2. The number of benzene rings is 2. The zero-order valence-corrected chi connectivity index (χ0v) is 39.6. The molecule has 0 saturated carbocycles. The van der Waals surface area contributed by atoms with Gasteiger partial charge >= 0.3 is 18.1 Å². The third-order valence-corrected chi connectivity index (χ3v) is 13.9. The van der Waals surface area contributed by atoms with Crippen LogP contribution in [0.15, 0.2) is 72.8 Å². The second-order valence-electron chi connectivity index (χ2n) is 16.9. The number of hydrogen-bond donors (Lipinski definition) is 4. The van der Waals surface area contributed by atoms with Gasteiger partial charge in [0.05, 0.1) is 50.3 Å². The number of aromatic nitrogens is 4. The van der Waals surface area contributed by atoms with E-state index in [-0.39, 0.29) is 36.0 Å². The summed E-state index contributed by atoms with van der Waals surface area (Å²) < 4.78 is 0. The molecule has 17 nitrogen and oxygen atoms in total. The maximum Gasteiger partial charge on any atom is 0.323 e. The number of urea groups is 3. The molecule has 19 heteroatoms. The Morgan fingerprint density at radius 3 is 1.56 bits per heavy atom.